The van der Waals surface area contributed by atoms with E-state index in [1.54, 1.807) is 33.0 Å². The van der Waals surface area contributed by atoms with Crippen molar-refractivity contribution < 1.29 is 14.3 Å². The maximum Gasteiger partial charge on any atom is 0.413 e. The van der Waals surface area contributed by atoms with Crippen LogP contribution in [-0.4, -0.2) is 42.0 Å². The number of aromatic nitrogens is 5. The summed E-state index contributed by atoms with van der Waals surface area (Å²) in [6.07, 6.45) is 1.01. The smallest absolute Gasteiger partial charge is 0.413 e. The number of ether oxygens (including phenoxy) is 1. The van der Waals surface area contributed by atoms with E-state index in [1.807, 2.05) is 44.2 Å². The Morgan fingerprint density at radius 1 is 1.15 bits per heavy atom. The van der Waals surface area contributed by atoms with Crippen molar-refractivity contribution in [2.75, 3.05) is 10.6 Å². The number of carbonyl (C=O) groups excluding carboxylic acids is 2. The van der Waals surface area contributed by atoms with Gasteiger partial charge in [0.1, 0.15) is 10.6 Å². The van der Waals surface area contributed by atoms with Gasteiger partial charge in [-0.25, -0.2) is 9.48 Å². The molecule has 2 amide bonds. The standard InChI is InChI=1S/C23H25N7O3S/c1-13-11-18(34-28-13)25-21(31)19-20(26-22(32)33-23(3,4)5)27-29-30(19)14(2)15-8-9-17-16(12-15)7-6-10-24-17/h6-12,14H,1-5H3,(H,25,31)(H,26,32). The number of hydrogen-bond donors (Lipinski definition) is 2. The Kier molecular flexibility index (Phi) is 6.29. The lowest BCUT2D eigenvalue weighted by Crippen LogP contribution is -2.28. The fourth-order valence-electron chi connectivity index (χ4n) is 3.35. The molecule has 4 rings (SSSR count). The minimum absolute atomic E-state index is 0.00212. The Bertz CT molecular complexity index is 1360. The molecule has 0 radical (unpaired) electrons. The summed E-state index contributed by atoms with van der Waals surface area (Å²) in [5.41, 5.74) is 1.93. The molecule has 4 aromatic rings. The molecule has 0 aliphatic heterocycles. The van der Waals surface area contributed by atoms with Crippen molar-refractivity contribution in [2.24, 2.45) is 0 Å². The molecule has 34 heavy (non-hydrogen) atoms. The van der Waals surface area contributed by atoms with Gasteiger partial charge in [0, 0.05) is 11.6 Å². The zero-order chi connectivity index (χ0) is 24.5. The van der Waals surface area contributed by atoms with Crippen molar-refractivity contribution in [1.29, 1.82) is 0 Å². The van der Waals surface area contributed by atoms with Crippen molar-refractivity contribution >= 4 is 45.3 Å². The Morgan fingerprint density at radius 2 is 1.94 bits per heavy atom. The van der Waals surface area contributed by atoms with Crippen LogP contribution in [0.15, 0.2) is 42.6 Å². The van der Waals surface area contributed by atoms with E-state index >= 15 is 0 Å². The topological polar surface area (TPSA) is 124 Å². The SMILES string of the molecule is Cc1cc(NC(=O)c2c(NC(=O)OC(C)(C)C)nnn2C(C)c2ccc3ncccc3c2)sn1. The van der Waals surface area contributed by atoms with Gasteiger partial charge in [-0.05, 0) is 76.0 Å². The summed E-state index contributed by atoms with van der Waals surface area (Å²) in [6, 6.07) is 11.1. The molecule has 0 aliphatic rings. The fraction of sp³-hybridized carbons (Fsp3) is 0.304. The van der Waals surface area contributed by atoms with Crippen LogP contribution in [-0.2, 0) is 4.74 Å². The molecule has 1 atom stereocenters. The second-order valence-corrected chi connectivity index (χ2v) is 9.58. The molecule has 2 N–H and O–H groups in total. The van der Waals surface area contributed by atoms with Crippen LogP contribution in [0.5, 0.6) is 0 Å². The molecule has 3 heterocycles. The Labute approximate surface area is 200 Å². The second-order valence-electron chi connectivity index (χ2n) is 8.78. The first kappa shape index (κ1) is 23.3. The van der Waals surface area contributed by atoms with Gasteiger partial charge in [0.25, 0.3) is 5.91 Å². The van der Waals surface area contributed by atoms with Gasteiger partial charge in [-0.2, -0.15) is 4.37 Å². The van der Waals surface area contributed by atoms with Gasteiger partial charge >= 0.3 is 6.09 Å². The number of carbonyl (C=O) groups is 2. The predicted molar refractivity (Wildman–Crippen MR) is 130 cm³/mol. The number of amides is 2. The van der Waals surface area contributed by atoms with Gasteiger partial charge in [0.2, 0.25) is 0 Å². The molecule has 0 fully saturated rings. The van der Waals surface area contributed by atoms with Crippen molar-refractivity contribution in [3.63, 3.8) is 0 Å². The van der Waals surface area contributed by atoms with E-state index in [-0.39, 0.29) is 17.6 Å². The van der Waals surface area contributed by atoms with E-state index in [0.29, 0.717) is 5.00 Å². The van der Waals surface area contributed by atoms with E-state index in [2.05, 4.69) is 30.3 Å². The second kappa shape index (κ2) is 9.18. The van der Waals surface area contributed by atoms with Crippen LogP contribution in [0.4, 0.5) is 15.6 Å². The van der Waals surface area contributed by atoms with Crippen LogP contribution < -0.4 is 10.6 Å². The number of hydrogen-bond acceptors (Lipinski definition) is 8. The highest BCUT2D eigenvalue weighted by Crippen LogP contribution is 2.26. The molecule has 3 aromatic heterocycles. The number of nitrogens with one attached hydrogen (secondary N) is 2. The van der Waals surface area contributed by atoms with Gasteiger partial charge in [0.05, 0.1) is 17.3 Å². The molecule has 1 unspecified atom stereocenters. The van der Waals surface area contributed by atoms with Crippen LogP contribution in [0.1, 0.15) is 55.5 Å². The summed E-state index contributed by atoms with van der Waals surface area (Å²) < 4.78 is 11.0. The number of fused-ring (bicyclic) bond motifs is 1. The summed E-state index contributed by atoms with van der Waals surface area (Å²) in [4.78, 5) is 30.1. The molecule has 11 heteroatoms. The molecule has 176 valence electrons. The minimum Gasteiger partial charge on any atom is -0.444 e. The van der Waals surface area contributed by atoms with Crippen LogP contribution in [0.3, 0.4) is 0 Å². The quantitative estimate of drug-likeness (QED) is 0.421. The minimum atomic E-state index is -0.730. The van der Waals surface area contributed by atoms with E-state index in [1.165, 1.54) is 4.68 Å². The molecule has 0 spiro atoms. The van der Waals surface area contributed by atoms with Crippen LogP contribution in [0.2, 0.25) is 0 Å². The lowest BCUT2D eigenvalue weighted by atomic mass is 10.1. The first-order valence-electron chi connectivity index (χ1n) is 10.7. The van der Waals surface area contributed by atoms with Gasteiger partial charge < -0.3 is 10.1 Å². The van der Waals surface area contributed by atoms with E-state index in [0.717, 1.165) is 33.7 Å². The van der Waals surface area contributed by atoms with Crippen molar-refractivity contribution in [3.05, 3.63) is 59.5 Å². The fourth-order valence-corrected chi connectivity index (χ4v) is 4.01. The van der Waals surface area contributed by atoms with E-state index in [9.17, 15) is 9.59 Å². The van der Waals surface area contributed by atoms with Crippen molar-refractivity contribution in [2.45, 2.75) is 46.3 Å². The van der Waals surface area contributed by atoms with E-state index < -0.39 is 17.6 Å². The normalized spacial score (nSPS) is 12.4. The average Bonchev–Trinajstić information content (AvgIpc) is 3.37. The molecular weight excluding hydrogens is 454 g/mol. The summed E-state index contributed by atoms with van der Waals surface area (Å²) in [5, 5.41) is 15.2. The largest absolute Gasteiger partial charge is 0.444 e. The molecule has 1 aromatic carbocycles. The highest BCUT2D eigenvalue weighted by atomic mass is 32.1. The number of rotatable bonds is 5. The number of aryl methyl sites for hydroxylation is 1. The average molecular weight is 480 g/mol. The molecular formula is C23H25N7O3S. The first-order chi connectivity index (χ1) is 16.1. The summed E-state index contributed by atoms with van der Waals surface area (Å²) in [7, 11) is 0. The zero-order valence-corrected chi connectivity index (χ0v) is 20.3. The first-order valence-corrected chi connectivity index (χ1v) is 11.4. The molecule has 0 saturated carbocycles. The lowest BCUT2D eigenvalue weighted by Gasteiger charge is -2.19. The van der Waals surface area contributed by atoms with Gasteiger partial charge in [-0.1, -0.05) is 17.3 Å². The molecule has 0 saturated heterocycles. The number of pyridine rings is 1. The summed E-state index contributed by atoms with van der Waals surface area (Å²) >= 11 is 1.16. The van der Waals surface area contributed by atoms with Crippen LogP contribution >= 0.6 is 11.5 Å². The highest BCUT2D eigenvalue weighted by molar-refractivity contribution is 7.10. The highest BCUT2D eigenvalue weighted by Gasteiger charge is 2.27. The molecule has 0 bridgehead atoms. The third kappa shape index (κ3) is 5.20. The maximum absolute atomic E-state index is 13.3. The third-order valence-corrected chi connectivity index (χ3v) is 5.67. The maximum atomic E-state index is 13.3. The van der Waals surface area contributed by atoms with Gasteiger partial charge in [-0.15, -0.1) is 5.10 Å². The Morgan fingerprint density at radius 3 is 2.65 bits per heavy atom. The van der Waals surface area contributed by atoms with Gasteiger partial charge in [0.15, 0.2) is 11.5 Å². The van der Waals surface area contributed by atoms with Crippen molar-refractivity contribution in [1.82, 2.24) is 24.4 Å². The third-order valence-electron chi connectivity index (χ3n) is 4.87. The molecule has 0 aliphatic carbocycles. The Hall–Kier alpha value is -3.86. The zero-order valence-electron chi connectivity index (χ0n) is 19.5. The monoisotopic (exact) mass is 479 g/mol. The molecule has 10 nitrogen and oxygen atoms in total. The summed E-state index contributed by atoms with van der Waals surface area (Å²) in [5.74, 6) is -0.476. The lowest BCUT2D eigenvalue weighted by molar-refractivity contribution is 0.0635. The van der Waals surface area contributed by atoms with Crippen molar-refractivity contribution in [3.8, 4) is 0 Å². The summed E-state index contributed by atoms with van der Waals surface area (Å²) in [6.45, 7) is 8.99. The van der Waals surface area contributed by atoms with Crippen LogP contribution in [0, 0.1) is 6.92 Å². The number of benzene rings is 1. The number of nitrogens with zero attached hydrogens (tertiary/aromatic N) is 5. The van der Waals surface area contributed by atoms with Gasteiger partial charge in [-0.3, -0.25) is 15.1 Å². The van der Waals surface area contributed by atoms with E-state index in [4.69, 9.17) is 4.74 Å². The number of anilines is 2. The predicted octanol–water partition coefficient (Wildman–Crippen LogP) is 4.80. The Balaban J connectivity index is 1.70. The van der Waals surface area contributed by atoms with Crippen LogP contribution in [0.25, 0.3) is 10.9 Å².